The molecular weight excluding hydrogens is 385 g/mol. The molecule has 0 unspecified atom stereocenters. The van der Waals surface area contributed by atoms with Crippen LogP contribution in [0.1, 0.15) is 5.69 Å². The van der Waals surface area contributed by atoms with Gasteiger partial charge in [0.05, 0.1) is 11.4 Å². The number of aromatic amines is 2. The van der Waals surface area contributed by atoms with Crippen molar-refractivity contribution in [3.05, 3.63) is 72.6 Å². The molecule has 3 N–H and O–H groups in total. The number of pyridine rings is 1. The van der Waals surface area contributed by atoms with E-state index in [0.29, 0.717) is 22.5 Å². The number of benzene rings is 1. The van der Waals surface area contributed by atoms with E-state index in [1.54, 1.807) is 30.5 Å². The lowest BCUT2D eigenvalue weighted by Gasteiger charge is -2.08. The van der Waals surface area contributed by atoms with Gasteiger partial charge in [-0.2, -0.15) is 5.10 Å². The molecule has 0 aliphatic carbocycles. The van der Waals surface area contributed by atoms with Gasteiger partial charge < -0.3 is 15.0 Å². The highest BCUT2D eigenvalue weighted by atomic mass is 19.1. The minimum absolute atomic E-state index is 0.0864. The summed E-state index contributed by atoms with van der Waals surface area (Å²) in [6, 6.07) is 14.1. The van der Waals surface area contributed by atoms with Crippen LogP contribution in [0.4, 0.5) is 16.0 Å². The third-order valence-corrected chi connectivity index (χ3v) is 4.47. The Balaban J connectivity index is 1.36. The van der Waals surface area contributed by atoms with E-state index < -0.39 is 5.82 Å². The number of hydrogen-bond donors (Lipinski definition) is 3. The summed E-state index contributed by atoms with van der Waals surface area (Å²) in [5, 5.41) is 10.7. The highest BCUT2D eigenvalue weighted by Gasteiger charge is 2.13. The van der Waals surface area contributed by atoms with Crippen molar-refractivity contribution in [1.29, 1.82) is 0 Å². The number of anilines is 2. The molecular formula is C21H16FN7O. The molecule has 0 aliphatic heterocycles. The number of halogens is 1. The van der Waals surface area contributed by atoms with Gasteiger partial charge in [-0.3, -0.25) is 10.1 Å². The van der Waals surface area contributed by atoms with Crippen molar-refractivity contribution in [3.8, 4) is 23.0 Å². The maximum Gasteiger partial charge on any atom is 0.224 e. The average Bonchev–Trinajstić information content (AvgIpc) is 3.38. The van der Waals surface area contributed by atoms with Crippen molar-refractivity contribution < 1.29 is 9.13 Å². The number of ether oxygens (including phenoxy) is 1. The van der Waals surface area contributed by atoms with Crippen LogP contribution >= 0.6 is 0 Å². The van der Waals surface area contributed by atoms with Crippen LogP contribution in [-0.2, 0) is 0 Å². The summed E-state index contributed by atoms with van der Waals surface area (Å²) in [7, 11) is 0. The number of nitrogens with one attached hydrogen (secondary N) is 3. The van der Waals surface area contributed by atoms with Crippen LogP contribution in [0.5, 0.6) is 11.6 Å². The van der Waals surface area contributed by atoms with Gasteiger partial charge in [-0.05, 0) is 37.3 Å². The summed E-state index contributed by atoms with van der Waals surface area (Å²) in [5.41, 5.74) is 3.12. The van der Waals surface area contributed by atoms with Crippen molar-refractivity contribution in [1.82, 2.24) is 30.1 Å². The molecule has 0 saturated heterocycles. The Morgan fingerprint density at radius 2 is 1.93 bits per heavy atom. The lowest BCUT2D eigenvalue weighted by Crippen LogP contribution is -1.97. The molecule has 0 atom stereocenters. The molecule has 1 aromatic carbocycles. The molecule has 4 aromatic heterocycles. The predicted octanol–water partition coefficient (Wildman–Crippen LogP) is 4.73. The molecule has 0 bridgehead atoms. The highest BCUT2D eigenvalue weighted by molar-refractivity contribution is 5.82. The number of nitrogens with zero attached hydrogens (tertiary/aromatic N) is 4. The van der Waals surface area contributed by atoms with E-state index >= 15 is 0 Å². The van der Waals surface area contributed by atoms with Crippen LogP contribution in [-0.4, -0.2) is 30.1 Å². The summed E-state index contributed by atoms with van der Waals surface area (Å²) in [6.45, 7) is 1.87. The Morgan fingerprint density at radius 1 is 1.00 bits per heavy atom. The topological polar surface area (TPSA) is 104 Å². The van der Waals surface area contributed by atoms with Gasteiger partial charge in [-0.25, -0.2) is 14.4 Å². The number of fused-ring (bicyclic) bond motifs is 1. The number of aryl methyl sites for hydroxylation is 1. The first-order valence-corrected chi connectivity index (χ1v) is 9.17. The molecule has 9 heteroatoms. The first kappa shape index (κ1) is 17.8. The number of H-pyrrole nitrogens is 2. The zero-order valence-corrected chi connectivity index (χ0v) is 15.8. The monoisotopic (exact) mass is 401 g/mol. The maximum absolute atomic E-state index is 14.8. The van der Waals surface area contributed by atoms with Crippen molar-refractivity contribution in [2.75, 3.05) is 5.32 Å². The third-order valence-electron chi connectivity index (χ3n) is 4.47. The Kier molecular flexibility index (Phi) is 4.32. The fourth-order valence-electron chi connectivity index (χ4n) is 3.11. The Labute approximate surface area is 170 Å². The van der Waals surface area contributed by atoms with E-state index in [-0.39, 0.29) is 11.6 Å². The van der Waals surface area contributed by atoms with Crippen molar-refractivity contribution in [3.63, 3.8) is 0 Å². The van der Waals surface area contributed by atoms with E-state index in [2.05, 4.69) is 35.5 Å². The summed E-state index contributed by atoms with van der Waals surface area (Å²) in [6.07, 6.45) is 3.05. The molecule has 30 heavy (non-hydrogen) atoms. The molecule has 4 heterocycles. The van der Waals surface area contributed by atoms with Crippen LogP contribution in [0.15, 0.2) is 61.1 Å². The minimum Gasteiger partial charge on any atom is -0.436 e. The molecule has 0 radical (unpaired) electrons. The third kappa shape index (κ3) is 3.44. The zero-order valence-electron chi connectivity index (χ0n) is 15.8. The molecule has 0 spiro atoms. The van der Waals surface area contributed by atoms with Crippen molar-refractivity contribution in [2.24, 2.45) is 0 Å². The molecule has 148 valence electrons. The Hall–Kier alpha value is -4.27. The van der Waals surface area contributed by atoms with Crippen molar-refractivity contribution in [2.45, 2.75) is 6.92 Å². The summed E-state index contributed by atoms with van der Waals surface area (Å²) in [5.74, 6) is 0.855. The molecule has 5 aromatic rings. The summed E-state index contributed by atoms with van der Waals surface area (Å²) in [4.78, 5) is 15.6. The van der Waals surface area contributed by atoms with Gasteiger partial charge in [0.25, 0.3) is 0 Å². The normalized spacial score (nSPS) is 11.0. The number of rotatable bonds is 5. The van der Waals surface area contributed by atoms with Crippen LogP contribution in [0.2, 0.25) is 0 Å². The van der Waals surface area contributed by atoms with E-state index in [1.165, 1.54) is 6.33 Å². The fraction of sp³-hybridized carbons (Fsp3) is 0.0476. The maximum atomic E-state index is 14.8. The van der Waals surface area contributed by atoms with E-state index in [1.807, 2.05) is 31.2 Å². The predicted molar refractivity (Wildman–Crippen MR) is 110 cm³/mol. The van der Waals surface area contributed by atoms with Crippen LogP contribution in [0, 0.1) is 12.7 Å². The number of aromatic nitrogens is 6. The molecule has 0 amide bonds. The second kappa shape index (κ2) is 7.28. The smallest absolute Gasteiger partial charge is 0.224 e. The van der Waals surface area contributed by atoms with Crippen molar-refractivity contribution >= 4 is 22.5 Å². The number of hydrogen-bond acceptors (Lipinski definition) is 6. The van der Waals surface area contributed by atoms with Gasteiger partial charge in [0.2, 0.25) is 5.88 Å². The van der Waals surface area contributed by atoms with Gasteiger partial charge in [0.1, 0.15) is 12.1 Å². The first-order chi connectivity index (χ1) is 14.7. The lowest BCUT2D eigenvalue weighted by molar-refractivity contribution is 0.430. The van der Waals surface area contributed by atoms with E-state index in [4.69, 9.17) is 4.74 Å². The molecule has 8 nitrogen and oxygen atoms in total. The molecule has 0 saturated carbocycles. The lowest BCUT2D eigenvalue weighted by atomic mass is 10.2. The molecule has 0 fully saturated rings. The van der Waals surface area contributed by atoms with Crippen LogP contribution in [0.25, 0.3) is 22.3 Å². The fourth-order valence-corrected chi connectivity index (χ4v) is 3.11. The average molecular weight is 401 g/mol. The molecule has 0 aliphatic rings. The van der Waals surface area contributed by atoms with Crippen LogP contribution < -0.4 is 10.1 Å². The molecule has 5 rings (SSSR count). The highest BCUT2D eigenvalue weighted by Crippen LogP contribution is 2.30. The summed E-state index contributed by atoms with van der Waals surface area (Å²) >= 11 is 0. The van der Waals surface area contributed by atoms with Gasteiger partial charge >= 0.3 is 0 Å². The minimum atomic E-state index is -0.447. The van der Waals surface area contributed by atoms with Gasteiger partial charge in [0.15, 0.2) is 17.4 Å². The SMILES string of the molecule is Cc1cc2c(F)c(Oc3cc(Nc4cc(-c5ccccn5)[nH]n4)ncn3)ccc2[nH]1. The Bertz CT molecular complexity index is 1330. The first-order valence-electron chi connectivity index (χ1n) is 9.17. The zero-order chi connectivity index (χ0) is 20.5. The quantitative estimate of drug-likeness (QED) is 0.393. The van der Waals surface area contributed by atoms with Crippen LogP contribution in [0.3, 0.4) is 0 Å². The van der Waals surface area contributed by atoms with E-state index in [9.17, 15) is 4.39 Å². The Morgan fingerprint density at radius 3 is 2.80 bits per heavy atom. The van der Waals surface area contributed by atoms with Gasteiger partial charge in [-0.15, -0.1) is 0 Å². The largest absolute Gasteiger partial charge is 0.436 e. The second-order valence-corrected chi connectivity index (χ2v) is 6.64. The van der Waals surface area contributed by atoms with Gasteiger partial charge in [-0.1, -0.05) is 6.07 Å². The summed E-state index contributed by atoms with van der Waals surface area (Å²) < 4.78 is 20.4. The standard InChI is InChI=1S/C21H16FN7O/c1-12-8-13-14(26-12)5-6-17(21(13)22)30-20-10-18(24-11-25-20)27-19-9-16(28-29-19)15-4-2-3-7-23-15/h2-11,26H,1H3,(H2,24,25,27,28,29). The van der Waals surface area contributed by atoms with Gasteiger partial charge in [0, 0.05) is 34.9 Å². The second-order valence-electron chi connectivity index (χ2n) is 6.64. The van der Waals surface area contributed by atoms with E-state index in [0.717, 1.165) is 17.1 Å².